The minimum absolute atomic E-state index is 0.00993. The highest BCUT2D eigenvalue weighted by molar-refractivity contribution is 5.77. The monoisotopic (exact) mass is 451 g/mol. The first-order valence-electron chi connectivity index (χ1n) is 11.5. The lowest BCUT2D eigenvalue weighted by Gasteiger charge is -2.36. The molecule has 1 heterocycles. The molecule has 2 rings (SSSR count). The molecule has 32 heavy (non-hydrogen) atoms. The molecule has 1 N–H and O–H groups in total. The van der Waals surface area contributed by atoms with Gasteiger partial charge in [-0.2, -0.15) is 8.78 Å². The van der Waals surface area contributed by atoms with Crippen LogP contribution in [0.3, 0.4) is 0 Å². The van der Waals surface area contributed by atoms with Gasteiger partial charge in [0.15, 0.2) is 0 Å². The summed E-state index contributed by atoms with van der Waals surface area (Å²) in [4.78, 5) is 25.7. The van der Waals surface area contributed by atoms with Crippen molar-refractivity contribution in [2.45, 2.75) is 89.4 Å². The summed E-state index contributed by atoms with van der Waals surface area (Å²) in [7, 11) is 0. The minimum Gasteiger partial charge on any atom is -0.463 e. The van der Waals surface area contributed by atoms with Crippen LogP contribution >= 0.6 is 0 Å². The highest BCUT2D eigenvalue weighted by Gasteiger charge is 2.40. The molecule has 1 aliphatic heterocycles. The Balaban J connectivity index is 1.82. The maximum atomic E-state index is 14.6. The first-order valence-corrected chi connectivity index (χ1v) is 11.5. The van der Waals surface area contributed by atoms with Crippen LogP contribution < -0.4 is 0 Å². The molecule has 0 unspecified atom stereocenters. The summed E-state index contributed by atoms with van der Waals surface area (Å²) in [5.74, 6) is -3.54. The molecule has 0 aromatic heterocycles. The van der Waals surface area contributed by atoms with E-state index in [4.69, 9.17) is 4.74 Å². The summed E-state index contributed by atoms with van der Waals surface area (Å²) in [5, 5.41) is 10.2. The third kappa shape index (κ3) is 8.01. The lowest BCUT2D eigenvalue weighted by molar-refractivity contribution is -0.147. The topological polar surface area (TPSA) is 66.8 Å². The summed E-state index contributed by atoms with van der Waals surface area (Å²) in [6, 6.07) is 7.17. The fourth-order valence-corrected chi connectivity index (χ4v) is 3.92. The van der Waals surface area contributed by atoms with Crippen LogP contribution in [0.4, 0.5) is 8.78 Å². The lowest BCUT2D eigenvalue weighted by atomic mass is 9.93. The number of carbonyl (C=O) groups is 2. The van der Waals surface area contributed by atoms with Crippen molar-refractivity contribution >= 4 is 11.9 Å². The average Bonchev–Trinajstić information content (AvgIpc) is 2.75. The van der Waals surface area contributed by atoms with E-state index in [1.165, 1.54) is 24.3 Å². The number of esters is 1. The summed E-state index contributed by atoms with van der Waals surface area (Å²) in [6.45, 7) is 4.03. The zero-order chi connectivity index (χ0) is 23.6. The van der Waals surface area contributed by atoms with Gasteiger partial charge in [-0.1, -0.05) is 42.5 Å². The van der Waals surface area contributed by atoms with Gasteiger partial charge in [-0.25, -0.2) is 0 Å². The summed E-state index contributed by atoms with van der Waals surface area (Å²) in [6.07, 6.45) is 5.77. The molecule has 1 aliphatic rings. The number of nitrogens with zero attached hydrogens (tertiary/aromatic N) is 1. The number of ether oxygens (including phenoxy) is 1. The van der Waals surface area contributed by atoms with E-state index in [0.29, 0.717) is 38.6 Å². The van der Waals surface area contributed by atoms with Crippen LogP contribution in [0.5, 0.6) is 0 Å². The van der Waals surface area contributed by atoms with E-state index in [1.54, 1.807) is 11.0 Å². The number of halogens is 2. The van der Waals surface area contributed by atoms with E-state index in [-0.39, 0.29) is 36.0 Å². The summed E-state index contributed by atoms with van der Waals surface area (Å²) >= 11 is 0. The molecule has 1 fully saturated rings. The van der Waals surface area contributed by atoms with Crippen LogP contribution in [0.2, 0.25) is 0 Å². The standard InChI is InChI=1S/C25H35F2NO4/c1-19(2)32-24(31)15-8-3-4-9-18-28-21(13-10-14-23(28)30)16-17-22(29)25(26,27)20-11-6-5-7-12-20/h4-7,9,11-12,19,21-22,29H,3,8,10,13-18H2,1-2H3/b9-4-/t21-,22-/m1/s1. The predicted octanol–water partition coefficient (Wildman–Crippen LogP) is 4.98. The van der Waals surface area contributed by atoms with E-state index in [9.17, 15) is 23.5 Å². The van der Waals surface area contributed by atoms with Crippen LogP contribution in [-0.4, -0.2) is 46.7 Å². The van der Waals surface area contributed by atoms with E-state index in [2.05, 4.69) is 0 Å². The minimum atomic E-state index is -3.33. The van der Waals surface area contributed by atoms with Gasteiger partial charge in [-0.05, 0) is 52.4 Å². The second-order valence-electron chi connectivity index (χ2n) is 8.58. The SMILES string of the molecule is CC(C)OC(=O)CCC/C=C\CN1C(=O)CCC[C@@H]1CC[C@@H](O)C(F)(F)c1ccccc1. The number of hydrogen-bond donors (Lipinski definition) is 1. The van der Waals surface area contributed by atoms with Crippen LogP contribution in [0.25, 0.3) is 0 Å². The molecule has 178 valence electrons. The number of piperidine rings is 1. The van der Waals surface area contributed by atoms with E-state index in [1.807, 2.05) is 26.0 Å². The fraction of sp³-hybridized carbons (Fsp3) is 0.600. The summed E-state index contributed by atoms with van der Waals surface area (Å²) in [5.41, 5.74) is -0.204. The third-order valence-electron chi connectivity index (χ3n) is 5.63. The number of benzene rings is 1. The van der Waals surface area contributed by atoms with E-state index in [0.717, 1.165) is 12.8 Å². The first-order chi connectivity index (χ1) is 15.2. The van der Waals surface area contributed by atoms with Gasteiger partial charge in [0, 0.05) is 31.0 Å². The number of hydrogen-bond acceptors (Lipinski definition) is 4. The van der Waals surface area contributed by atoms with Crippen molar-refractivity contribution in [2.24, 2.45) is 0 Å². The Morgan fingerprint density at radius 2 is 2.00 bits per heavy atom. The summed E-state index contributed by atoms with van der Waals surface area (Å²) < 4.78 is 34.2. The number of allylic oxidation sites excluding steroid dienone is 1. The maximum Gasteiger partial charge on any atom is 0.306 e. The van der Waals surface area contributed by atoms with Gasteiger partial charge >= 0.3 is 5.97 Å². The average molecular weight is 452 g/mol. The molecule has 1 amide bonds. The normalized spacial score (nSPS) is 18.4. The Bertz CT molecular complexity index is 752. The number of likely N-dealkylation sites (tertiary alicyclic amines) is 1. The molecule has 2 atom stereocenters. The van der Waals surface area contributed by atoms with Crippen molar-refractivity contribution < 1.29 is 28.2 Å². The Labute approximate surface area is 189 Å². The zero-order valence-corrected chi connectivity index (χ0v) is 19.0. The molecule has 1 aromatic rings. The van der Waals surface area contributed by atoms with Crippen molar-refractivity contribution in [3.05, 3.63) is 48.0 Å². The highest BCUT2D eigenvalue weighted by Crippen LogP contribution is 2.34. The molecule has 0 aliphatic carbocycles. The van der Waals surface area contributed by atoms with Gasteiger partial charge in [0.25, 0.3) is 5.92 Å². The van der Waals surface area contributed by atoms with Gasteiger partial charge in [0.05, 0.1) is 6.10 Å². The quantitative estimate of drug-likeness (QED) is 0.277. The Morgan fingerprint density at radius 1 is 1.28 bits per heavy atom. The van der Waals surface area contributed by atoms with Gasteiger partial charge < -0.3 is 14.7 Å². The number of rotatable bonds is 12. The maximum absolute atomic E-state index is 14.6. The Kier molecular flexibility index (Phi) is 10.3. The second kappa shape index (κ2) is 12.7. The smallest absolute Gasteiger partial charge is 0.306 e. The highest BCUT2D eigenvalue weighted by atomic mass is 19.3. The van der Waals surface area contributed by atoms with Crippen LogP contribution in [-0.2, 0) is 20.2 Å². The third-order valence-corrected chi connectivity index (χ3v) is 5.63. The van der Waals surface area contributed by atoms with Gasteiger partial charge in [0.2, 0.25) is 5.91 Å². The molecular formula is C25H35F2NO4. The molecule has 0 bridgehead atoms. The largest absolute Gasteiger partial charge is 0.463 e. The molecule has 7 heteroatoms. The van der Waals surface area contributed by atoms with Gasteiger partial charge in [-0.3, -0.25) is 9.59 Å². The molecule has 1 aromatic carbocycles. The van der Waals surface area contributed by atoms with Crippen molar-refractivity contribution in [2.75, 3.05) is 6.54 Å². The predicted molar refractivity (Wildman–Crippen MR) is 119 cm³/mol. The van der Waals surface area contributed by atoms with E-state index < -0.39 is 12.0 Å². The Morgan fingerprint density at radius 3 is 2.69 bits per heavy atom. The van der Waals surface area contributed by atoms with Crippen molar-refractivity contribution in [1.29, 1.82) is 0 Å². The van der Waals surface area contributed by atoms with Crippen LogP contribution in [0.1, 0.15) is 70.8 Å². The number of aliphatic hydroxyl groups is 1. The second-order valence-corrected chi connectivity index (χ2v) is 8.58. The number of amides is 1. The molecule has 0 spiro atoms. The zero-order valence-electron chi connectivity index (χ0n) is 19.0. The van der Waals surface area contributed by atoms with Crippen molar-refractivity contribution in [3.63, 3.8) is 0 Å². The molecule has 0 radical (unpaired) electrons. The number of aliphatic hydroxyl groups excluding tert-OH is 1. The number of carbonyl (C=O) groups excluding carboxylic acids is 2. The molecular weight excluding hydrogens is 416 g/mol. The van der Waals surface area contributed by atoms with Crippen LogP contribution in [0.15, 0.2) is 42.5 Å². The molecule has 1 saturated heterocycles. The lowest BCUT2D eigenvalue weighted by Crippen LogP contribution is -2.44. The Hall–Kier alpha value is -2.28. The first kappa shape index (κ1) is 26.0. The van der Waals surface area contributed by atoms with Crippen molar-refractivity contribution in [3.8, 4) is 0 Å². The van der Waals surface area contributed by atoms with Crippen LogP contribution in [0, 0.1) is 0 Å². The van der Waals surface area contributed by atoms with Gasteiger partial charge in [-0.15, -0.1) is 0 Å². The number of alkyl halides is 2. The fourth-order valence-electron chi connectivity index (χ4n) is 3.92. The molecule has 5 nitrogen and oxygen atoms in total. The van der Waals surface area contributed by atoms with Crippen molar-refractivity contribution in [1.82, 2.24) is 4.90 Å². The molecule has 0 saturated carbocycles. The van der Waals surface area contributed by atoms with E-state index >= 15 is 0 Å². The number of unbranched alkanes of at least 4 members (excludes halogenated alkanes) is 1. The van der Waals surface area contributed by atoms with Gasteiger partial charge in [0.1, 0.15) is 6.10 Å².